The Morgan fingerprint density at radius 3 is 2.18 bits per heavy atom. The van der Waals surface area contributed by atoms with E-state index >= 15 is 0 Å². The van der Waals surface area contributed by atoms with Crippen LogP contribution in [-0.4, -0.2) is 24.6 Å². The van der Waals surface area contributed by atoms with Gasteiger partial charge in [-0.05, 0) is 55.5 Å². The van der Waals surface area contributed by atoms with Gasteiger partial charge in [0, 0.05) is 17.2 Å². The molecule has 0 aromatic heterocycles. The molecule has 0 fully saturated rings. The van der Waals surface area contributed by atoms with Crippen LogP contribution in [0, 0.1) is 5.82 Å². The van der Waals surface area contributed by atoms with E-state index in [-0.39, 0.29) is 17.9 Å². The summed E-state index contributed by atoms with van der Waals surface area (Å²) in [5, 5.41) is 5.39. The van der Waals surface area contributed by atoms with Gasteiger partial charge in [-0.2, -0.15) is 0 Å². The summed E-state index contributed by atoms with van der Waals surface area (Å²) in [5.74, 6) is -1.12. The summed E-state index contributed by atoms with van der Waals surface area (Å²) in [4.78, 5) is 36.3. The van der Waals surface area contributed by atoms with Crippen molar-refractivity contribution < 1.29 is 28.2 Å². The fourth-order valence-corrected chi connectivity index (χ4v) is 2.76. The number of benzene rings is 3. The molecule has 2 N–H and O–H groups in total. The molecule has 0 heterocycles. The van der Waals surface area contributed by atoms with Crippen LogP contribution in [0.2, 0.25) is 0 Å². The maximum Gasteiger partial charge on any atom is 0.513 e. The summed E-state index contributed by atoms with van der Waals surface area (Å²) < 4.78 is 23.4. The van der Waals surface area contributed by atoms with Crippen LogP contribution in [-0.2, 0) is 9.53 Å². The van der Waals surface area contributed by atoms with Crippen molar-refractivity contribution >= 4 is 35.4 Å². The second-order valence-corrected chi connectivity index (χ2v) is 6.65. The third-order valence-corrected chi connectivity index (χ3v) is 4.33. The van der Waals surface area contributed by atoms with E-state index in [1.807, 2.05) is 0 Å². The molecule has 0 radical (unpaired) electrons. The van der Waals surface area contributed by atoms with Gasteiger partial charge < -0.3 is 20.1 Å². The van der Waals surface area contributed by atoms with Crippen molar-refractivity contribution in [3.8, 4) is 5.75 Å². The lowest BCUT2D eigenvalue weighted by Crippen LogP contribution is -2.15. The van der Waals surface area contributed by atoms with Crippen LogP contribution in [0.3, 0.4) is 0 Å². The highest BCUT2D eigenvalue weighted by Gasteiger charge is 2.12. The number of nitrogens with one attached hydrogen (secondary N) is 2. The molecule has 33 heavy (non-hydrogen) atoms. The van der Waals surface area contributed by atoms with Crippen LogP contribution in [0.1, 0.15) is 22.8 Å². The Kier molecular flexibility index (Phi) is 7.91. The highest BCUT2D eigenvalue weighted by molar-refractivity contribution is 6.09. The average molecular weight is 448 g/mol. The number of ether oxygens (including phenoxy) is 2. The molecule has 3 aromatic carbocycles. The molecule has 3 rings (SSSR count). The SMILES string of the molecule is CCOC(=O)Oc1ccc(C(=O)Nc2ccccc2NC(=O)/C=C/c2ccccc2F)cc1. The summed E-state index contributed by atoms with van der Waals surface area (Å²) in [6.45, 7) is 1.85. The van der Waals surface area contributed by atoms with Gasteiger partial charge in [-0.25, -0.2) is 9.18 Å². The first-order valence-corrected chi connectivity index (χ1v) is 10.0. The Hall–Kier alpha value is -4.46. The Labute approximate surface area is 189 Å². The van der Waals surface area contributed by atoms with Gasteiger partial charge in [0.1, 0.15) is 11.6 Å². The largest absolute Gasteiger partial charge is 0.513 e. The minimum atomic E-state index is -0.830. The molecule has 3 aromatic rings. The Bertz CT molecular complexity index is 1180. The number of para-hydroxylation sites is 2. The first kappa shape index (κ1) is 23.2. The van der Waals surface area contributed by atoms with Gasteiger partial charge in [-0.15, -0.1) is 0 Å². The molecule has 0 spiro atoms. The van der Waals surface area contributed by atoms with Crippen molar-refractivity contribution in [1.82, 2.24) is 0 Å². The van der Waals surface area contributed by atoms with Crippen LogP contribution in [0.4, 0.5) is 20.6 Å². The van der Waals surface area contributed by atoms with Crippen LogP contribution in [0.15, 0.2) is 78.9 Å². The van der Waals surface area contributed by atoms with Crippen LogP contribution in [0.5, 0.6) is 5.75 Å². The zero-order valence-corrected chi connectivity index (χ0v) is 17.7. The molecule has 2 amide bonds. The Morgan fingerprint density at radius 1 is 0.879 bits per heavy atom. The number of carbonyl (C=O) groups is 3. The van der Waals surface area contributed by atoms with Crippen molar-refractivity contribution in [2.75, 3.05) is 17.2 Å². The fourth-order valence-electron chi connectivity index (χ4n) is 2.76. The van der Waals surface area contributed by atoms with Gasteiger partial charge in [-0.1, -0.05) is 30.3 Å². The molecule has 0 aliphatic heterocycles. The van der Waals surface area contributed by atoms with Gasteiger partial charge >= 0.3 is 6.16 Å². The van der Waals surface area contributed by atoms with E-state index in [4.69, 9.17) is 9.47 Å². The molecule has 0 saturated carbocycles. The van der Waals surface area contributed by atoms with Gasteiger partial charge in [0.15, 0.2) is 0 Å². The molecular formula is C25H21FN2O5. The Balaban J connectivity index is 1.65. The number of anilines is 2. The second-order valence-electron chi connectivity index (χ2n) is 6.65. The number of hydrogen-bond donors (Lipinski definition) is 2. The molecule has 8 heteroatoms. The normalized spacial score (nSPS) is 10.5. The second kappa shape index (κ2) is 11.2. The molecule has 0 saturated heterocycles. The van der Waals surface area contributed by atoms with Crippen molar-refractivity contribution in [3.05, 3.63) is 95.8 Å². The minimum Gasteiger partial charge on any atom is -0.434 e. The maximum absolute atomic E-state index is 13.7. The molecular weight excluding hydrogens is 427 g/mol. The summed E-state index contributed by atoms with van der Waals surface area (Å²) in [6, 6.07) is 18.7. The first-order chi connectivity index (χ1) is 16.0. The van der Waals surface area contributed by atoms with Gasteiger partial charge in [-0.3, -0.25) is 9.59 Å². The van der Waals surface area contributed by atoms with Crippen molar-refractivity contribution in [2.24, 2.45) is 0 Å². The van der Waals surface area contributed by atoms with E-state index in [2.05, 4.69) is 10.6 Å². The lowest BCUT2D eigenvalue weighted by atomic mass is 10.2. The van der Waals surface area contributed by atoms with Crippen molar-refractivity contribution in [2.45, 2.75) is 6.92 Å². The third-order valence-electron chi connectivity index (χ3n) is 4.33. The van der Waals surface area contributed by atoms with E-state index in [1.54, 1.807) is 49.4 Å². The highest BCUT2D eigenvalue weighted by Crippen LogP contribution is 2.22. The summed E-state index contributed by atoms with van der Waals surface area (Å²) >= 11 is 0. The van der Waals surface area contributed by atoms with E-state index in [0.717, 1.165) is 0 Å². The molecule has 0 aliphatic carbocycles. The topological polar surface area (TPSA) is 93.7 Å². The molecule has 0 bridgehead atoms. The lowest BCUT2D eigenvalue weighted by Gasteiger charge is -2.12. The Morgan fingerprint density at radius 2 is 1.52 bits per heavy atom. The van der Waals surface area contributed by atoms with Crippen molar-refractivity contribution in [1.29, 1.82) is 0 Å². The number of halogens is 1. The summed E-state index contributed by atoms with van der Waals surface area (Å²) in [5.41, 5.74) is 1.34. The quantitative estimate of drug-likeness (QED) is 0.292. The van der Waals surface area contributed by atoms with Crippen molar-refractivity contribution in [3.63, 3.8) is 0 Å². The monoisotopic (exact) mass is 448 g/mol. The number of carbonyl (C=O) groups excluding carboxylic acids is 3. The minimum absolute atomic E-state index is 0.189. The standard InChI is InChI=1S/C25H21FN2O5/c1-2-32-25(31)33-19-14-11-18(12-15-19)24(30)28-22-10-6-5-9-21(22)27-23(29)16-13-17-7-3-4-8-20(17)26/h3-16H,2H2,1H3,(H,27,29)(H,28,30)/b16-13+. The number of rotatable bonds is 7. The fraction of sp³-hybridized carbons (Fsp3) is 0.0800. The zero-order chi connectivity index (χ0) is 23.6. The van der Waals surface area contributed by atoms with Crippen LogP contribution in [0.25, 0.3) is 6.08 Å². The highest BCUT2D eigenvalue weighted by atomic mass is 19.1. The maximum atomic E-state index is 13.7. The van der Waals surface area contributed by atoms with E-state index in [1.165, 1.54) is 42.5 Å². The van der Waals surface area contributed by atoms with Gasteiger partial charge in [0.05, 0.1) is 18.0 Å². The van der Waals surface area contributed by atoms with E-state index < -0.39 is 23.8 Å². The van der Waals surface area contributed by atoms with Crippen LogP contribution >= 0.6 is 0 Å². The lowest BCUT2D eigenvalue weighted by molar-refractivity contribution is -0.111. The number of hydrogen-bond acceptors (Lipinski definition) is 5. The predicted molar refractivity (Wildman–Crippen MR) is 123 cm³/mol. The third kappa shape index (κ3) is 6.76. The van der Waals surface area contributed by atoms with E-state index in [0.29, 0.717) is 16.9 Å². The molecule has 168 valence electrons. The van der Waals surface area contributed by atoms with Crippen LogP contribution < -0.4 is 15.4 Å². The molecule has 0 atom stereocenters. The van der Waals surface area contributed by atoms with E-state index in [9.17, 15) is 18.8 Å². The smallest absolute Gasteiger partial charge is 0.434 e. The molecule has 0 unspecified atom stereocenters. The average Bonchev–Trinajstić information content (AvgIpc) is 2.80. The number of amides is 2. The summed E-state index contributed by atoms with van der Waals surface area (Å²) in [7, 11) is 0. The molecule has 0 aliphatic rings. The zero-order valence-electron chi connectivity index (χ0n) is 17.7. The van der Waals surface area contributed by atoms with Gasteiger partial charge in [0.2, 0.25) is 5.91 Å². The first-order valence-electron chi connectivity index (χ1n) is 10.0. The van der Waals surface area contributed by atoms with Gasteiger partial charge in [0.25, 0.3) is 5.91 Å². The summed E-state index contributed by atoms with van der Waals surface area (Å²) in [6.07, 6.45) is 1.74. The molecule has 7 nitrogen and oxygen atoms in total. The predicted octanol–water partition coefficient (Wildman–Crippen LogP) is 5.27.